The Kier molecular flexibility index (Phi) is 5.15. The number of amides is 1. The molecule has 0 saturated heterocycles. The Labute approximate surface area is 130 Å². The molecule has 0 aliphatic carbocycles. The molecule has 3 nitrogen and oxygen atoms in total. The number of hydrogen-bond acceptors (Lipinski definition) is 3. The molecule has 1 amide bonds. The van der Waals surface area contributed by atoms with Gasteiger partial charge in [0.25, 0.3) is 0 Å². The highest BCUT2D eigenvalue weighted by atomic mass is 32.1. The van der Waals surface area contributed by atoms with Crippen molar-refractivity contribution in [2.24, 2.45) is 0 Å². The fourth-order valence-corrected chi connectivity index (χ4v) is 2.98. The van der Waals surface area contributed by atoms with Crippen LogP contribution in [0.4, 0.5) is 5.69 Å². The fourth-order valence-electron chi connectivity index (χ4n) is 2.13. The molecular formula is C17H22N2OS. The van der Waals surface area contributed by atoms with Crippen LogP contribution in [0.5, 0.6) is 0 Å². The van der Waals surface area contributed by atoms with Crippen LogP contribution in [0.2, 0.25) is 0 Å². The number of hydrogen-bond donors (Lipinski definition) is 1. The summed E-state index contributed by atoms with van der Waals surface area (Å²) in [4.78, 5) is 15.5. The van der Waals surface area contributed by atoms with E-state index in [2.05, 4.69) is 42.4 Å². The first-order chi connectivity index (χ1) is 9.97. The Bertz CT molecular complexity index is 607. The average Bonchev–Trinajstić information content (AvgIpc) is 2.96. The van der Waals surface area contributed by atoms with Gasteiger partial charge in [0.1, 0.15) is 0 Å². The van der Waals surface area contributed by atoms with E-state index in [4.69, 9.17) is 0 Å². The van der Waals surface area contributed by atoms with Gasteiger partial charge >= 0.3 is 0 Å². The molecule has 2 aromatic rings. The predicted octanol–water partition coefficient (Wildman–Crippen LogP) is 4.00. The third-order valence-electron chi connectivity index (χ3n) is 3.80. The second-order valence-electron chi connectivity index (χ2n) is 5.45. The van der Waals surface area contributed by atoms with Gasteiger partial charge < -0.3 is 5.32 Å². The number of nitrogens with zero attached hydrogens (tertiary/aromatic N) is 1. The summed E-state index contributed by atoms with van der Waals surface area (Å²) in [7, 11) is 1.98. The lowest BCUT2D eigenvalue weighted by molar-refractivity contribution is -0.117. The van der Waals surface area contributed by atoms with E-state index in [1.165, 1.54) is 16.0 Å². The third-order valence-corrected chi connectivity index (χ3v) is 4.84. The number of benzene rings is 1. The van der Waals surface area contributed by atoms with E-state index in [1.54, 1.807) is 11.3 Å². The molecule has 0 saturated carbocycles. The van der Waals surface area contributed by atoms with E-state index >= 15 is 0 Å². The van der Waals surface area contributed by atoms with Crippen molar-refractivity contribution in [3.05, 3.63) is 51.7 Å². The summed E-state index contributed by atoms with van der Waals surface area (Å²) in [6, 6.07) is 10.4. The maximum atomic E-state index is 12.1. The van der Waals surface area contributed by atoms with Crippen LogP contribution in [0.15, 0.2) is 35.7 Å². The Morgan fingerprint density at radius 1 is 1.29 bits per heavy atom. The summed E-state index contributed by atoms with van der Waals surface area (Å²) in [5.74, 6) is 0.0177. The van der Waals surface area contributed by atoms with Crippen LogP contribution in [0.25, 0.3) is 0 Å². The quantitative estimate of drug-likeness (QED) is 0.905. The minimum Gasteiger partial charge on any atom is -0.325 e. The van der Waals surface area contributed by atoms with Crippen LogP contribution >= 0.6 is 11.3 Å². The molecule has 0 radical (unpaired) electrons. The second-order valence-corrected chi connectivity index (χ2v) is 6.43. The average molecular weight is 302 g/mol. The monoisotopic (exact) mass is 302 g/mol. The Hall–Kier alpha value is -1.65. The van der Waals surface area contributed by atoms with Crippen molar-refractivity contribution in [2.75, 3.05) is 18.9 Å². The highest BCUT2D eigenvalue weighted by Gasteiger charge is 2.15. The summed E-state index contributed by atoms with van der Waals surface area (Å²) in [5.41, 5.74) is 3.28. The molecule has 0 bridgehead atoms. The lowest BCUT2D eigenvalue weighted by Gasteiger charge is -2.23. The van der Waals surface area contributed by atoms with Crippen molar-refractivity contribution in [1.29, 1.82) is 0 Å². The van der Waals surface area contributed by atoms with Gasteiger partial charge in [0, 0.05) is 16.6 Å². The number of likely N-dealkylation sites (N-methyl/N-ethyl adjacent to an activating group) is 1. The zero-order valence-electron chi connectivity index (χ0n) is 13.0. The standard InChI is InChI=1S/C17H22N2OS/c1-12-7-8-15(10-13(12)2)18-17(20)11-19(4)14(3)16-6-5-9-21-16/h5-10,14H,11H2,1-4H3,(H,18,20). The molecule has 1 aromatic carbocycles. The van der Waals surface area contributed by atoms with Crippen LogP contribution in [0, 0.1) is 13.8 Å². The van der Waals surface area contributed by atoms with Crippen molar-refractivity contribution < 1.29 is 4.79 Å². The molecule has 0 aliphatic rings. The lowest BCUT2D eigenvalue weighted by Crippen LogP contribution is -2.31. The van der Waals surface area contributed by atoms with Crippen molar-refractivity contribution >= 4 is 22.9 Å². The molecule has 4 heteroatoms. The molecular weight excluding hydrogens is 280 g/mol. The Balaban J connectivity index is 1.93. The minimum atomic E-state index is 0.0177. The van der Waals surface area contributed by atoms with Crippen LogP contribution in [0.1, 0.15) is 29.0 Å². The maximum Gasteiger partial charge on any atom is 0.238 e. The normalized spacial score (nSPS) is 12.4. The van der Waals surface area contributed by atoms with Gasteiger partial charge in [-0.15, -0.1) is 11.3 Å². The number of rotatable bonds is 5. The first kappa shape index (κ1) is 15.7. The maximum absolute atomic E-state index is 12.1. The summed E-state index contributed by atoms with van der Waals surface area (Å²) >= 11 is 1.72. The predicted molar refractivity (Wildman–Crippen MR) is 89.9 cm³/mol. The van der Waals surface area contributed by atoms with Gasteiger partial charge in [0.05, 0.1) is 6.54 Å². The van der Waals surface area contributed by atoms with Gasteiger partial charge in [0.15, 0.2) is 0 Å². The van der Waals surface area contributed by atoms with Gasteiger partial charge in [-0.05, 0) is 62.5 Å². The van der Waals surface area contributed by atoms with Gasteiger partial charge in [-0.3, -0.25) is 9.69 Å². The van der Waals surface area contributed by atoms with E-state index in [1.807, 2.05) is 31.3 Å². The first-order valence-corrected chi connectivity index (χ1v) is 7.96. The minimum absolute atomic E-state index is 0.0177. The van der Waals surface area contributed by atoms with Crippen molar-refractivity contribution in [1.82, 2.24) is 4.90 Å². The van der Waals surface area contributed by atoms with Gasteiger partial charge in [-0.25, -0.2) is 0 Å². The fraction of sp³-hybridized carbons (Fsp3) is 0.353. The number of thiophene rings is 1. The Morgan fingerprint density at radius 2 is 2.05 bits per heavy atom. The van der Waals surface area contributed by atoms with Crippen molar-refractivity contribution in [3.63, 3.8) is 0 Å². The molecule has 1 aromatic heterocycles. The molecule has 0 fully saturated rings. The second kappa shape index (κ2) is 6.87. The largest absolute Gasteiger partial charge is 0.325 e. The number of nitrogens with one attached hydrogen (secondary N) is 1. The zero-order chi connectivity index (χ0) is 15.4. The SMILES string of the molecule is Cc1ccc(NC(=O)CN(C)C(C)c2cccs2)cc1C. The molecule has 1 N–H and O–H groups in total. The van der Waals surface area contributed by atoms with E-state index in [0.29, 0.717) is 6.54 Å². The van der Waals surface area contributed by atoms with E-state index in [-0.39, 0.29) is 11.9 Å². The number of carbonyl (C=O) groups is 1. The topological polar surface area (TPSA) is 32.3 Å². The van der Waals surface area contributed by atoms with E-state index < -0.39 is 0 Å². The van der Waals surface area contributed by atoms with Crippen molar-refractivity contribution in [3.8, 4) is 0 Å². The van der Waals surface area contributed by atoms with Gasteiger partial charge in [0.2, 0.25) is 5.91 Å². The van der Waals surface area contributed by atoms with Crippen LogP contribution in [-0.2, 0) is 4.79 Å². The van der Waals surface area contributed by atoms with Crippen molar-refractivity contribution in [2.45, 2.75) is 26.8 Å². The van der Waals surface area contributed by atoms with Gasteiger partial charge in [-0.1, -0.05) is 12.1 Å². The lowest BCUT2D eigenvalue weighted by atomic mass is 10.1. The number of aryl methyl sites for hydroxylation is 2. The highest BCUT2D eigenvalue weighted by Crippen LogP contribution is 2.23. The van der Waals surface area contributed by atoms with Gasteiger partial charge in [-0.2, -0.15) is 0 Å². The Morgan fingerprint density at radius 3 is 2.67 bits per heavy atom. The first-order valence-electron chi connectivity index (χ1n) is 7.08. The van der Waals surface area contributed by atoms with Crippen LogP contribution in [-0.4, -0.2) is 24.4 Å². The van der Waals surface area contributed by atoms with Crippen LogP contribution in [0.3, 0.4) is 0 Å². The smallest absolute Gasteiger partial charge is 0.238 e. The zero-order valence-corrected chi connectivity index (χ0v) is 13.8. The summed E-state index contributed by atoms with van der Waals surface area (Å²) in [5, 5.41) is 5.03. The molecule has 0 aliphatic heterocycles. The summed E-state index contributed by atoms with van der Waals surface area (Å²) in [6.45, 7) is 6.62. The molecule has 1 atom stereocenters. The molecule has 112 valence electrons. The van der Waals surface area contributed by atoms with E-state index in [9.17, 15) is 4.79 Å². The number of carbonyl (C=O) groups excluding carboxylic acids is 1. The third kappa shape index (κ3) is 4.16. The molecule has 21 heavy (non-hydrogen) atoms. The molecule has 1 heterocycles. The number of anilines is 1. The molecule has 0 spiro atoms. The van der Waals surface area contributed by atoms with Crippen LogP contribution < -0.4 is 5.32 Å². The van der Waals surface area contributed by atoms with E-state index in [0.717, 1.165) is 5.69 Å². The summed E-state index contributed by atoms with van der Waals surface area (Å²) < 4.78 is 0. The molecule has 1 unspecified atom stereocenters. The summed E-state index contributed by atoms with van der Waals surface area (Å²) in [6.07, 6.45) is 0. The molecule has 2 rings (SSSR count). The highest BCUT2D eigenvalue weighted by molar-refractivity contribution is 7.10.